The van der Waals surface area contributed by atoms with E-state index in [1.165, 1.54) is 6.42 Å². The van der Waals surface area contributed by atoms with Crippen molar-refractivity contribution in [3.8, 4) is 0 Å². The summed E-state index contributed by atoms with van der Waals surface area (Å²) < 4.78 is 0. The van der Waals surface area contributed by atoms with Gasteiger partial charge in [0.2, 0.25) is 0 Å². The summed E-state index contributed by atoms with van der Waals surface area (Å²) in [7, 11) is -0.766. The molecule has 2 aromatic rings. The smallest absolute Gasteiger partial charge is 0.413 e. The van der Waals surface area contributed by atoms with Gasteiger partial charge >= 0.3 is 7.05 Å². The number of fused-ring (bicyclic) bond motifs is 1. The number of rotatable bonds is 2. The molecule has 0 aromatic heterocycles. The summed E-state index contributed by atoms with van der Waals surface area (Å²) in [5.74, 6) is -0.812. The van der Waals surface area contributed by atoms with Gasteiger partial charge in [-0.3, -0.25) is 20.4 Å². The van der Waals surface area contributed by atoms with E-state index in [9.17, 15) is 14.6 Å². The van der Waals surface area contributed by atoms with Crippen LogP contribution in [0.3, 0.4) is 0 Å². The number of hydrogen-bond donors (Lipinski definition) is 4. The summed E-state index contributed by atoms with van der Waals surface area (Å²) in [6.07, 6.45) is 1.25. The maximum Gasteiger partial charge on any atom is 0.413 e. The van der Waals surface area contributed by atoms with Crippen molar-refractivity contribution in [3.63, 3.8) is 0 Å². The molecule has 1 aliphatic rings. The van der Waals surface area contributed by atoms with Crippen LogP contribution in [0.5, 0.6) is 0 Å². The van der Waals surface area contributed by atoms with Crippen LogP contribution in [0.2, 0.25) is 0 Å². The third kappa shape index (κ3) is 5.42. The molecular weight excluding hydrogens is 341 g/mol. The molecule has 0 radical (unpaired) electrons. The Hall–Kier alpha value is -2.64. The van der Waals surface area contributed by atoms with E-state index in [0.29, 0.717) is 23.1 Å². The van der Waals surface area contributed by atoms with Gasteiger partial charge in [0.25, 0.3) is 11.8 Å². The van der Waals surface area contributed by atoms with Crippen LogP contribution in [-0.2, 0) is 6.54 Å². The van der Waals surface area contributed by atoms with Gasteiger partial charge in [0.1, 0.15) is 0 Å². The fourth-order valence-corrected chi connectivity index (χ4v) is 2.83. The van der Waals surface area contributed by atoms with Crippen LogP contribution in [0.4, 0.5) is 0 Å². The molecule has 0 unspecified atom stereocenters. The largest absolute Gasteiger partial charge is 0.433 e. The quantitative estimate of drug-likeness (QED) is 0.479. The minimum atomic E-state index is -0.766. The van der Waals surface area contributed by atoms with Crippen molar-refractivity contribution in [2.24, 2.45) is 0 Å². The first-order chi connectivity index (χ1) is 12.8. The summed E-state index contributed by atoms with van der Waals surface area (Å²) in [4.78, 5) is 24.3. The van der Waals surface area contributed by atoms with Crippen molar-refractivity contribution < 1.29 is 14.6 Å². The van der Waals surface area contributed by atoms with Crippen LogP contribution in [0.25, 0.3) is 0 Å². The lowest BCUT2D eigenvalue weighted by atomic mass is 9.75. The summed E-state index contributed by atoms with van der Waals surface area (Å²) in [6, 6.07) is 10.6. The van der Waals surface area contributed by atoms with Crippen LogP contribution in [0, 0.1) is 13.8 Å². The lowest BCUT2D eigenvalue weighted by Crippen LogP contribution is -2.42. The van der Waals surface area contributed by atoms with E-state index < -0.39 is 13.0 Å². The molecule has 4 N–H and O–H groups in total. The van der Waals surface area contributed by atoms with Crippen LogP contribution >= 0.6 is 0 Å². The Bertz CT molecular complexity index is 819. The second-order valence-corrected chi connectivity index (χ2v) is 6.69. The third-order valence-corrected chi connectivity index (χ3v) is 3.96. The molecule has 7 heteroatoms. The molecule has 0 saturated heterocycles. The SMILES string of the molecule is CCC.Cc1cc(C)cc(C(=O)NNC(=O)c2ccc3c(c2)B(O)NC3)c1. The molecule has 0 bridgehead atoms. The van der Waals surface area contributed by atoms with Crippen molar-refractivity contribution in [1.82, 2.24) is 16.1 Å². The van der Waals surface area contributed by atoms with Gasteiger partial charge in [0.15, 0.2) is 0 Å². The fourth-order valence-electron chi connectivity index (χ4n) is 2.83. The van der Waals surface area contributed by atoms with Crippen LogP contribution in [0.15, 0.2) is 36.4 Å². The molecule has 0 saturated carbocycles. The van der Waals surface area contributed by atoms with E-state index >= 15 is 0 Å². The number of carbonyl (C=O) groups excluding carboxylic acids is 2. The summed E-state index contributed by atoms with van der Waals surface area (Å²) in [5, 5.41) is 12.7. The number of amides is 2. The van der Waals surface area contributed by atoms with Gasteiger partial charge in [-0.25, -0.2) is 0 Å². The molecule has 2 aromatic carbocycles. The summed E-state index contributed by atoms with van der Waals surface area (Å²) in [5.41, 5.74) is 9.27. The maximum atomic E-state index is 12.2. The number of hydrogen-bond acceptors (Lipinski definition) is 4. The fraction of sp³-hybridized carbons (Fsp3) is 0.300. The maximum absolute atomic E-state index is 12.2. The third-order valence-electron chi connectivity index (χ3n) is 3.96. The first kappa shape index (κ1) is 20.7. The zero-order chi connectivity index (χ0) is 20.0. The average molecular weight is 367 g/mol. The normalized spacial score (nSPS) is 12.0. The second kappa shape index (κ2) is 9.34. The standard InChI is InChI=1S/C17H18BN3O3.C3H8/c1-10-5-11(2)7-14(6-10)17(23)21-20-16(22)12-3-4-13-9-19-18(24)15(13)8-12;1-3-2/h3-8,19,24H,9H2,1-2H3,(H,20,22)(H,21,23);3H2,1-2H3. The highest BCUT2D eigenvalue weighted by atomic mass is 16.2. The Morgan fingerprint density at radius 3 is 2.15 bits per heavy atom. The van der Waals surface area contributed by atoms with E-state index in [4.69, 9.17) is 0 Å². The van der Waals surface area contributed by atoms with Gasteiger partial charge in [0.05, 0.1) is 0 Å². The molecule has 0 aliphatic carbocycles. The average Bonchev–Trinajstić information content (AvgIpc) is 2.99. The predicted octanol–water partition coefficient (Wildman–Crippen LogP) is 1.59. The Morgan fingerprint density at radius 1 is 1.00 bits per heavy atom. The molecule has 1 aliphatic heterocycles. The van der Waals surface area contributed by atoms with Crippen LogP contribution in [-0.4, -0.2) is 23.9 Å². The highest BCUT2D eigenvalue weighted by Gasteiger charge is 2.25. The molecule has 0 fully saturated rings. The van der Waals surface area contributed by atoms with E-state index in [0.717, 1.165) is 16.7 Å². The zero-order valence-electron chi connectivity index (χ0n) is 16.2. The topological polar surface area (TPSA) is 90.5 Å². The van der Waals surface area contributed by atoms with E-state index in [1.54, 1.807) is 30.3 Å². The Labute approximate surface area is 160 Å². The van der Waals surface area contributed by atoms with Crippen LogP contribution in [0.1, 0.15) is 57.7 Å². The molecule has 1 heterocycles. The molecule has 0 spiro atoms. The summed E-state index contributed by atoms with van der Waals surface area (Å²) in [6.45, 7) is 8.64. The monoisotopic (exact) mass is 367 g/mol. The highest BCUT2D eigenvalue weighted by molar-refractivity contribution is 6.65. The molecule has 6 nitrogen and oxygen atoms in total. The second-order valence-electron chi connectivity index (χ2n) is 6.69. The number of carbonyl (C=O) groups is 2. The molecule has 27 heavy (non-hydrogen) atoms. The number of nitrogens with one attached hydrogen (secondary N) is 3. The number of hydrazine groups is 1. The first-order valence-corrected chi connectivity index (χ1v) is 9.09. The minimum Gasteiger partial charge on any atom is -0.433 e. The summed E-state index contributed by atoms with van der Waals surface area (Å²) >= 11 is 0. The molecule has 142 valence electrons. The van der Waals surface area contributed by atoms with Crippen LogP contribution < -0.4 is 21.5 Å². The van der Waals surface area contributed by atoms with Gasteiger partial charge < -0.3 is 10.3 Å². The number of benzene rings is 2. The van der Waals surface area contributed by atoms with Crippen molar-refractivity contribution in [1.29, 1.82) is 0 Å². The van der Waals surface area contributed by atoms with Crippen molar-refractivity contribution in [2.75, 3.05) is 0 Å². The molecule has 2 amide bonds. The minimum absolute atomic E-state index is 0.372. The van der Waals surface area contributed by atoms with Crippen molar-refractivity contribution in [2.45, 2.75) is 40.7 Å². The molecular formula is C20H26BN3O3. The molecule has 3 rings (SSSR count). The highest BCUT2D eigenvalue weighted by Crippen LogP contribution is 2.09. The van der Waals surface area contributed by atoms with E-state index in [-0.39, 0.29) is 5.91 Å². The number of aryl methyl sites for hydroxylation is 2. The van der Waals surface area contributed by atoms with Crippen molar-refractivity contribution >= 4 is 24.3 Å². The Kier molecular flexibility index (Phi) is 7.16. The zero-order valence-corrected chi connectivity index (χ0v) is 16.2. The van der Waals surface area contributed by atoms with E-state index in [2.05, 4.69) is 29.9 Å². The van der Waals surface area contributed by atoms with Gasteiger partial charge in [-0.2, -0.15) is 0 Å². The Balaban J connectivity index is 0.000000817. The van der Waals surface area contributed by atoms with Gasteiger partial charge in [0, 0.05) is 17.7 Å². The lowest BCUT2D eigenvalue weighted by Gasteiger charge is -2.10. The predicted molar refractivity (Wildman–Crippen MR) is 108 cm³/mol. The van der Waals surface area contributed by atoms with Crippen molar-refractivity contribution in [3.05, 3.63) is 64.2 Å². The Morgan fingerprint density at radius 2 is 1.56 bits per heavy atom. The molecule has 0 atom stereocenters. The van der Waals surface area contributed by atoms with Gasteiger partial charge in [-0.1, -0.05) is 49.6 Å². The first-order valence-electron chi connectivity index (χ1n) is 9.09. The van der Waals surface area contributed by atoms with Gasteiger partial charge in [-0.15, -0.1) is 0 Å². The van der Waals surface area contributed by atoms with E-state index in [1.807, 2.05) is 19.9 Å². The van der Waals surface area contributed by atoms with Gasteiger partial charge in [-0.05, 0) is 43.1 Å². The lowest BCUT2D eigenvalue weighted by molar-refractivity contribution is 0.0846.